The minimum absolute atomic E-state index is 0.200. The average molecular weight is 515 g/mol. The first-order chi connectivity index (χ1) is 17.2. The molecule has 0 radical (unpaired) electrons. The molecule has 1 N–H and O–H groups in total. The summed E-state index contributed by atoms with van der Waals surface area (Å²) in [5, 5.41) is 6.67. The number of aromatic nitrogens is 2. The lowest BCUT2D eigenvalue weighted by atomic mass is 9.95. The summed E-state index contributed by atoms with van der Waals surface area (Å²) in [7, 11) is 1.84. The minimum atomic E-state index is -4.65. The van der Waals surface area contributed by atoms with Crippen molar-refractivity contribution >= 4 is 17.5 Å². The van der Waals surface area contributed by atoms with Crippen LogP contribution in [0, 0.1) is 0 Å². The highest BCUT2D eigenvalue weighted by Crippen LogP contribution is 2.39. The highest BCUT2D eigenvalue weighted by Gasteiger charge is 2.37. The number of benzene rings is 2. The van der Waals surface area contributed by atoms with Gasteiger partial charge in [-0.15, -0.1) is 0 Å². The number of hydrogen-bond acceptors (Lipinski definition) is 3. The van der Waals surface area contributed by atoms with E-state index >= 15 is 0 Å². The second kappa shape index (κ2) is 9.65. The molecule has 1 aromatic heterocycles. The molecule has 1 atom stereocenters. The van der Waals surface area contributed by atoms with E-state index in [2.05, 4.69) is 21.4 Å². The van der Waals surface area contributed by atoms with Crippen molar-refractivity contribution in [3.8, 4) is 11.1 Å². The Bertz CT molecular complexity index is 1310. The van der Waals surface area contributed by atoms with E-state index in [-0.39, 0.29) is 5.56 Å². The van der Waals surface area contributed by atoms with Crippen LogP contribution in [-0.4, -0.2) is 33.2 Å². The van der Waals surface area contributed by atoms with E-state index in [9.17, 15) is 18.0 Å². The molecular weight excluding hydrogens is 489 g/mol. The molecule has 1 saturated carbocycles. The highest BCUT2D eigenvalue weighted by atomic mass is 35.5. The van der Waals surface area contributed by atoms with Gasteiger partial charge in [0.05, 0.1) is 28.4 Å². The van der Waals surface area contributed by atoms with E-state index in [4.69, 9.17) is 11.6 Å². The zero-order valence-corrected chi connectivity index (χ0v) is 20.5. The number of halogens is 4. The van der Waals surface area contributed by atoms with Crippen LogP contribution >= 0.6 is 11.6 Å². The second-order valence-electron chi connectivity index (χ2n) is 9.30. The summed E-state index contributed by atoms with van der Waals surface area (Å²) >= 11 is 6.09. The van der Waals surface area contributed by atoms with Gasteiger partial charge in [0.25, 0.3) is 5.91 Å². The van der Waals surface area contributed by atoms with Crippen molar-refractivity contribution in [1.82, 2.24) is 20.0 Å². The lowest BCUT2D eigenvalue weighted by molar-refractivity contribution is -0.137. The molecule has 2 heterocycles. The molecule has 0 unspecified atom stereocenters. The van der Waals surface area contributed by atoms with E-state index < -0.39 is 28.7 Å². The zero-order valence-electron chi connectivity index (χ0n) is 19.7. The van der Waals surface area contributed by atoms with Crippen LogP contribution in [0.4, 0.5) is 13.2 Å². The van der Waals surface area contributed by atoms with Crippen LogP contribution in [0.5, 0.6) is 0 Å². The Hall–Kier alpha value is -3.26. The third-order valence-corrected chi connectivity index (χ3v) is 7.06. The van der Waals surface area contributed by atoms with E-state index in [1.807, 2.05) is 37.5 Å². The Morgan fingerprint density at radius 2 is 1.94 bits per heavy atom. The summed E-state index contributed by atoms with van der Waals surface area (Å²) in [5.74, 6) is -0.648. The third-order valence-electron chi connectivity index (χ3n) is 6.65. The number of nitrogens with one attached hydrogen (secondary N) is 1. The normalized spacial score (nSPS) is 17.0. The zero-order chi connectivity index (χ0) is 25.4. The number of nitrogens with zero attached hydrogens (tertiary/aromatic N) is 3. The Labute approximate surface area is 212 Å². The first-order valence-corrected chi connectivity index (χ1v) is 12.3. The largest absolute Gasteiger partial charge is 0.417 e. The molecule has 1 aliphatic heterocycles. The maximum Gasteiger partial charge on any atom is 0.417 e. The summed E-state index contributed by atoms with van der Waals surface area (Å²) < 4.78 is 42.0. The van der Waals surface area contributed by atoms with Crippen molar-refractivity contribution < 1.29 is 18.0 Å². The van der Waals surface area contributed by atoms with E-state index in [1.54, 1.807) is 10.9 Å². The number of carbonyl (C=O) groups excluding carboxylic acids is 1. The summed E-state index contributed by atoms with van der Waals surface area (Å²) in [4.78, 5) is 15.7. The van der Waals surface area contributed by atoms with Crippen molar-refractivity contribution in [2.45, 2.75) is 43.9 Å². The second-order valence-corrected chi connectivity index (χ2v) is 9.67. The van der Waals surface area contributed by atoms with Gasteiger partial charge in [0, 0.05) is 37.1 Å². The lowest BCUT2D eigenvalue weighted by Crippen LogP contribution is -2.39. The van der Waals surface area contributed by atoms with Gasteiger partial charge in [0.1, 0.15) is 0 Å². The fourth-order valence-electron chi connectivity index (χ4n) is 4.75. The van der Waals surface area contributed by atoms with E-state index in [1.165, 1.54) is 12.1 Å². The molecule has 188 valence electrons. The van der Waals surface area contributed by atoms with Crippen LogP contribution in [0.15, 0.2) is 66.6 Å². The molecular formula is C27H26ClF3N4O. The molecule has 5 nitrogen and oxygen atoms in total. The van der Waals surface area contributed by atoms with Gasteiger partial charge >= 0.3 is 6.18 Å². The Morgan fingerprint density at radius 1 is 1.17 bits per heavy atom. The van der Waals surface area contributed by atoms with Gasteiger partial charge in [-0.1, -0.05) is 41.9 Å². The van der Waals surface area contributed by atoms with Crippen molar-refractivity contribution in [2.75, 3.05) is 6.54 Å². The maximum atomic E-state index is 13.4. The molecule has 0 bridgehead atoms. The standard InChI is InChI=1S/C27H26ClF3N4O/c1-34-16-19(15-32-34)17-6-4-7-18(14-17)25(23-10-2-3-13-35(23)20-11-12-20)33-26(36)21-8-5-9-22(24(21)28)27(29,30)31/h4-10,14-16,20,25H,2-3,11-13H2,1H3,(H,33,36)/t25-/m0/s1. The van der Waals surface area contributed by atoms with E-state index in [0.717, 1.165) is 60.7 Å². The van der Waals surface area contributed by atoms with Crippen LogP contribution in [0.3, 0.4) is 0 Å². The van der Waals surface area contributed by atoms with Crippen molar-refractivity contribution in [3.63, 3.8) is 0 Å². The summed E-state index contributed by atoms with van der Waals surface area (Å²) in [6.45, 7) is 0.884. The predicted molar refractivity (Wildman–Crippen MR) is 132 cm³/mol. The quantitative estimate of drug-likeness (QED) is 0.415. The van der Waals surface area contributed by atoms with Crippen LogP contribution < -0.4 is 5.32 Å². The van der Waals surface area contributed by atoms with Gasteiger partial charge in [0.2, 0.25) is 0 Å². The molecule has 1 aliphatic carbocycles. The summed E-state index contributed by atoms with van der Waals surface area (Å²) in [6, 6.07) is 11.1. The van der Waals surface area contributed by atoms with Gasteiger partial charge in [-0.3, -0.25) is 9.48 Å². The topological polar surface area (TPSA) is 50.2 Å². The number of amides is 1. The van der Waals surface area contributed by atoms with Crippen LogP contribution in [0.25, 0.3) is 11.1 Å². The number of hydrogen-bond donors (Lipinski definition) is 1. The molecule has 1 fully saturated rings. The Morgan fingerprint density at radius 3 is 2.64 bits per heavy atom. The van der Waals surface area contributed by atoms with Gasteiger partial charge < -0.3 is 10.2 Å². The smallest absolute Gasteiger partial charge is 0.370 e. The molecule has 36 heavy (non-hydrogen) atoms. The number of aryl methyl sites for hydroxylation is 1. The van der Waals surface area contributed by atoms with Gasteiger partial charge in [-0.05, 0) is 55.0 Å². The molecule has 3 aromatic rings. The number of carbonyl (C=O) groups is 1. The summed E-state index contributed by atoms with van der Waals surface area (Å²) in [5.41, 5.74) is 2.46. The Kier molecular flexibility index (Phi) is 6.55. The molecule has 9 heteroatoms. The van der Waals surface area contributed by atoms with Gasteiger partial charge in [0.15, 0.2) is 0 Å². The lowest BCUT2D eigenvalue weighted by Gasteiger charge is -2.36. The fraction of sp³-hybridized carbons (Fsp3) is 0.333. The van der Waals surface area contributed by atoms with Crippen molar-refractivity contribution in [2.24, 2.45) is 7.05 Å². The number of allylic oxidation sites excluding steroid dienone is 1. The van der Waals surface area contributed by atoms with Crippen LogP contribution in [-0.2, 0) is 13.2 Å². The monoisotopic (exact) mass is 514 g/mol. The minimum Gasteiger partial charge on any atom is -0.370 e. The molecule has 1 amide bonds. The third kappa shape index (κ3) is 5.00. The van der Waals surface area contributed by atoms with Crippen molar-refractivity contribution in [1.29, 1.82) is 0 Å². The predicted octanol–water partition coefficient (Wildman–Crippen LogP) is 6.37. The van der Waals surface area contributed by atoms with Gasteiger partial charge in [-0.2, -0.15) is 18.3 Å². The average Bonchev–Trinajstić information content (AvgIpc) is 3.61. The first-order valence-electron chi connectivity index (χ1n) is 11.9. The van der Waals surface area contributed by atoms with E-state index in [0.29, 0.717) is 6.04 Å². The molecule has 2 aliphatic rings. The molecule has 0 spiro atoms. The number of alkyl halides is 3. The maximum absolute atomic E-state index is 13.4. The number of rotatable bonds is 6. The SMILES string of the molecule is Cn1cc(-c2cccc([C@H](NC(=O)c3cccc(C(F)(F)F)c3Cl)C3=CCCCN3C3CC3)c2)cn1. The van der Waals surface area contributed by atoms with Crippen molar-refractivity contribution in [3.05, 3.63) is 88.3 Å². The fourth-order valence-corrected chi connectivity index (χ4v) is 5.07. The molecule has 5 rings (SSSR count). The highest BCUT2D eigenvalue weighted by molar-refractivity contribution is 6.34. The van der Waals surface area contributed by atoms with Crippen LogP contribution in [0.1, 0.15) is 53.2 Å². The Balaban J connectivity index is 1.54. The van der Waals surface area contributed by atoms with Crippen LogP contribution in [0.2, 0.25) is 5.02 Å². The molecule has 0 saturated heterocycles. The molecule has 2 aromatic carbocycles. The van der Waals surface area contributed by atoms with Gasteiger partial charge in [-0.25, -0.2) is 0 Å². The first kappa shape index (κ1) is 24.4. The summed E-state index contributed by atoms with van der Waals surface area (Å²) in [6.07, 6.45) is 5.24.